The summed E-state index contributed by atoms with van der Waals surface area (Å²) < 4.78 is 6.17. The van der Waals surface area contributed by atoms with Gasteiger partial charge in [-0.3, -0.25) is 14.4 Å². The zero-order chi connectivity index (χ0) is 19.2. The van der Waals surface area contributed by atoms with Crippen molar-refractivity contribution in [3.05, 3.63) is 51.2 Å². The number of rotatable bonds is 8. The second-order valence-electron chi connectivity index (χ2n) is 5.83. The van der Waals surface area contributed by atoms with Gasteiger partial charge in [0.2, 0.25) is 11.7 Å². The molecule has 1 aromatic carbocycles. The number of carbonyl (C=O) groups is 3. The van der Waals surface area contributed by atoms with Gasteiger partial charge in [-0.05, 0) is 24.3 Å². The number of hydrogen-bond donors (Lipinski definition) is 1. The van der Waals surface area contributed by atoms with Crippen molar-refractivity contribution in [1.82, 2.24) is 10.3 Å². The first-order valence-electron chi connectivity index (χ1n) is 8.37. The second-order valence-corrected chi connectivity index (χ2v) is 8.12. The monoisotopic (exact) mass is 402 g/mol. The minimum absolute atomic E-state index is 0.127. The van der Waals surface area contributed by atoms with Crippen LogP contribution in [-0.2, 0) is 27.3 Å². The normalized spacial score (nSPS) is 10.7. The number of nitrogens with zero attached hydrogens (tertiary/aromatic N) is 1. The number of Topliss-reactive ketones (excluding diaryl/α,β-unsaturated/α-hetero) is 1. The molecule has 0 radical (unpaired) electrons. The van der Waals surface area contributed by atoms with Crippen molar-refractivity contribution < 1.29 is 19.1 Å². The molecule has 0 aliphatic carbocycles. The number of carbonyl (C=O) groups excluding carboxylic acids is 3. The number of esters is 1. The average Bonchev–Trinajstić information content (AvgIpc) is 3.29. The number of aryl methyl sites for hydroxylation is 1. The fourth-order valence-corrected chi connectivity index (χ4v) is 4.20. The fourth-order valence-electron chi connectivity index (χ4n) is 2.36. The number of amides is 1. The van der Waals surface area contributed by atoms with Gasteiger partial charge in [0.1, 0.15) is 0 Å². The van der Waals surface area contributed by atoms with Crippen LogP contribution in [0.1, 0.15) is 32.9 Å². The van der Waals surface area contributed by atoms with E-state index in [1.165, 1.54) is 18.3 Å². The van der Waals surface area contributed by atoms with Gasteiger partial charge in [0, 0.05) is 18.2 Å². The van der Waals surface area contributed by atoms with Crippen molar-refractivity contribution in [3.8, 4) is 0 Å². The summed E-state index contributed by atoms with van der Waals surface area (Å²) in [6.45, 7) is 1.54. The third kappa shape index (κ3) is 5.45. The molecule has 0 atom stereocenters. The molecule has 0 unspecified atom stereocenters. The molecule has 0 saturated carbocycles. The number of nitrogens with one attached hydrogen (secondary N) is 1. The Hall–Kier alpha value is -2.58. The number of ether oxygens (including phenoxy) is 1. The van der Waals surface area contributed by atoms with Gasteiger partial charge in [0.05, 0.1) is 33.1 Å². The van der Waals surface area contributed by atoms with Crippen LogP contribution in [0.15, 0.2) is 36.4 Å². The van der Waals surface area contributed by atoms with Crippen LogP contribution in [0.5, 0.6) is 0 Å². The van der Waals surface area contributed by atoms with Gasteiger partial charge in [-0.1, -0.05) is 12.1 Å². The van der Waals surface area contributed by atoms with E-state index < -0.39 is 5.97 Å². The molecule has 0 spiro atoms. The predicted octanol–water partition coefficient (Wildman–Crippen LogP) is 3.35. The topological polar surface area (TPSA) is 85.4 Å². The Kier molecular flexibility index (Phi) is 6.31. The molecule has 8 heteroatoms. The molecule has 0 fully saturated rings. The number of fused-ring (bicyclic) bond motifs is 1. The zero-order valence-corrected chi connectivity index (χ0v) is 16.3. The lowest BCUT2D eigenvalue weighted by atomic mass is 10.3. The van der Waals surface area contributed by atoms with Crippen molar-refractivity contribution >= 4 is 50.5 Å². The number of thiophene rings is 1. The lowest BCUT2D eigenvalue weighted by Crippen LogP contribution is -2.18. The molecule has 2 aromatic heterocycles. The van der Waals surface area contributed by atoms with Gasteiger partial charge in [-0.15, -0.1) is 22.7 Å². The fraction of sp³-hybridized carbons (Fsp3) is 0.263. The smallest absolute Gasteiger partial charge is 0.306 e. The number of benzene rings is 1. The summed E-state index contributed by atoms with van der Waals surface area (Å²) in [5.41, 5.74) is 0.925. The lowest BCUT2D eigenvalue weighted by molar-refractivity contribution is -0.142. The first-order valence-corrected chi connectivity index (χ1v) is 10.0. The van der Waals surface area contributed by atoms with Gasteiger partial charge in [-0.2, -0.15) is 0 Å². The number of thiazole rings is 1. The number of para-hydroxylation sites is 1. The first kappa shape index (κ1) is 19.2. The van der Waals surface area contributed by atoms with Crippen LogP contribution in [0, 0.1) is 0 Å². The quantitative estimate of drug-likeness (QED) is 0.461. The summed E-state index contributed by atoms with van der Waals surface area (Å²) in [5, 5.41) is 3.55. The molecule has 1 amide bonds. The Morgan fingerprint density at radius 3 is 2.70 bits per heavy atom. The van der Waals surface area contributed by atoms with Crippen molar-refractivity contribution in [3.63, 3.8) is 0 Å². The van der Waals surface area contributed by atoms with Crippen LogP contribution in [0.4, 0.5) is 0 Å². The summed E-state index contributed by atoms with van der Waals surface area (Å²) in [5.74, 6) is -0.793. The van der Waals surface area contributed by atoms with Gasteiger partial charge in [-0.25, -0.2) is 4.98 Å². The van der Waals surface area contributed by atoms with Crippen molar-refractivity contribution in [2.75, 3.05) is 6.61 Å². The Morgan fingerprint density at radius 1 is 1.11 bits per heavy atom. The van der Waals surface area contributed by atoms with Gasteiger partial charge in [0.15, 0.2) is 6.61 Å². The summed E-state index contributed by atoms with van der Waals surface area (Å²) >= 11 is 2.84. The summed E-state index contributed by atoms with van der Waals surface area (Å²) in [7, 11) is 0. The van der Waals surface area contributed by atoms with Gasteiger partial charge >= 0.3 is 5.97 Å². The molecule has 2 heterocycles. The minimum atomic E-state index is -0.419. The van der Waals surface area contributed by atoms with E-state index in [2.05, 4.69) is 10.3 Å². The maximum absolute atomic E-state index is 12.1. The Morgan fingerprint density at radius 2 is 1.93 bits per heavy atom. The third-order valence-corrected chi connectivity index (χ3v) is 5.92. The molecule has 140 valence electrons. The highest BCUT2D eigenvalue weighted by atomic mass is 32.1. The number of hydrogen-bond acceptors (Lipinski definition) is 7. The van der Waals surface area contributed by atoms with E-state index >= 15 is 0 Å². The molecule has 6 nitrogen and oxygen atoms in total. The van der Waals surface area contributed by atoms with Crippen LogP contribution in [-0.4, -0.2) is 29.3 Å². The molecule has 27 heavy (non-hydrogen) atoms. The van der Waals surface area contributed by atoms with Crippen LogP contribution >= 0.6 is 22.7 Å². The molecule has 0 aliphatic rings. The second kappa shape index (κ2) is 8.88. The molecule has 0 aliphatic heterocycles. The molecule has 0 saturated heterocycles. The first-order chi connectivity index (χ1) is 13.0. The van der Waals surface area contributed by atoms with E-state index in [0.717, 1.165) is 20.1 Å². The molecular formula is C19H18N2O4S2. The van der Waals surface area contributed by atoms with Crippen molar-refractivity contribution in [1.29, 1.82) is 0 Å². The summed E-state index contributed by atoms with van der Waals surface area (Å²) in [6.07, 6.45) is 0.678. The highest BCUT2D eigenvalue weighted by Gasteiger charge is 2.13. The van der Waals surface area contributed by atoms with E-state index in [1.807, 2.05) is 24.3 Å². The van der Waals surface area contributed by atoms with Crippen LogP contribution in [0.25, 0.3) is 10.2 Å². The minimum Gasteiger partial charge on any atom is -0.457 e. The Bertz CT molecular complexity index is 944. The van der Waals surface area contributed by atoms with E-state index in [4.69, 9.17) is 4.74 Å². The van der Waals surface area contributed by atoms with E-state index in [-0.39, 0.29) is 24.7 Å². The Balaban J connectivity index is 1.44. The van der Waals surface area contributed by atoms with E-state index in [1.54, 1.807) is 23.5 Å². The summed E-state index contributed by atoms with van der Waals surface area (Å²) in [4.78, 5) is 40.8. The maximum Gasteiger partial charge on any atom is 0.306 e. The molecule has 1 N–H and O–H groups in total. The molecular weight excluding hydrogens is 384 g/mol. The highest BCUT2D eigenvalue weighted by Crippen LogP contribution is 2.22. The third-order valence-electron chi connectivity index (χ3n) is 3.69. The predicted molar refractivity (Wildman–Crippen MR) is 105 cm³/mol. The van der Waals surface area contributed by atoms with Crippen LogP contribution in [0.3, 0.4) is 0 Å². The number of ketones is 1. The molecule has 3 aromatic rings. The van der Waals surface area contributed by atoms with E-state index in [0.29, 0.717) is 17.8 Å². The zero-order valence-electron chi connectivity index (χ0n) is 14.7. The van der Waals surface area contributed by atoms with Gasteiger partial charge < -0.3 is 10.1 Å². The standard InChI is InChI=1S/C19H18N2O4S2/c1-12(22)20-10-13-6-7-17(26-13)15(23)11-25-19(24)9-8-18-21-14-4-2-3-5-16(14)27-18/h2-7H,8-11H2,1H3,(H,20,22). The Labute approximate surface area is 164 Å². The largest absolute Gasteiger partial charge is 0.457 e. The van der Waals surface area contributed by atoms with Crippen molar-refractivity contribution in [2.45, 2.75) is 26.3 Å². The van der Waals surface area contributed by atoms with Crippen LogP contribution in [0.2, 0.25) is 0 Å². The van der Waals surface area contributed by atoms with Gasteiger partial charge in [0.25, 0.3) is 0 Å². The molecule has 0 bridgehead atoms. The van der Waals surface area contributed by atoms with Crippen molar-refractivity contribution in [2.24, 2.45) is 0 Å². The lowest BCUT2D eigenvalue weighted by Gasteiger charge is -2.02. The highest BCUT2D eigenvalue weighted by molar-refractivity contribution is 7.18. The van der Waals surface area contributed by atoms with E-state index in [9.17, 15) is 14.4 Å². The SMILES string of the molecule is CC(=O)NCc1ccc(C(=O)COC(=O)CCc2nc3ccccc3s2)s1. The average molecular weight is 402 g/mol. The summed E-state index contributed by atoms with van der Waals surface area (Å²) in [6, 6.07) is 11.3. The molecule has 3 rings (SSSR count). The number of aromatic nitrogens is 1. The van der Waals surface area contributed by atoms with Crippen LogP contribution < -0.4 is 5.32 Å². The maximum atomic E-state index is 12.1.